The molecular weight excluding hydrogens is 630 g/mol. The first-order valence-corrected chi connectivity index (χ1v) is 17.0. The number of ether oxygens (including phenoxy) is 1. The van der Waals surface area contributed by atoms with Crippen LogP contribution in [-0.4, -0.2) is 65.4 Å². The summed E-state index contributed by atoms with van der Waals surface area (Å²) < 4.78 is 5.34. The van der Waals surface area contributed by atoms with Crippen LogP contribution >= 0.6 is 0 Å². The van der Waals surface area contributed by atoms with Crippen molar-refractivity contribution in [2.24, 2.45) is 34.3 Å². The Kier molecular flexibility index (Phi) is 14.9. The largest absolute Gasteiger partial charge is 0.460 e. The summed E-state index contributed by atoms with van der Waals surface area (Å²) in [4.78, 5) is 89.5. The maximum absolute atomic E-state index is 13.5. The third-order valence-electron chi connectivity index (χ3n) is 8.46. The molecule has 0 aromatic heterocycles. The van der Waals surface area contributed by atoms with Crippen molar-refractivity contribution >= 4 is 47.1 Å². The summed E-state index contributed by atoms with van der Waals surface area (Å²) in [6, 6.07) is 5.25. The SMILES string of the molecule is CC(C)[C@H](NC(=O)CCCN1C(=O)CC(C(C)(C)C)C1=O)C(=O)C[C@@H](CCCNC(N)=O)C(=O)Nc1ccc(COC(=O)C(C)(C)C)cc1. The molecule has 1 unspecified atom stereocenters. The molecule has 13 nitrogen and oxygen atoms in total. The van der Waals surface area contributed by atoms with E-state index < -0.39 is 41.1 Å². The number of benzene rings is 1. The number of nitrogens with one attached hydrogen (secondary N) is 3. The van der Waals surface area contributed by atoms with Crippen molar-refractivity contribution in [3.63, 3.8) is 0 Å². The summed E-state index contributed by atoms with van der Waals surface area (Å²) >= 11 is 0. The van der Waals surface area contributed by atoms with Gasteiger partial charge in [-0.25, -0.2) is 4.79 Å². The molecule has 0 spiro atoms. The van der Waals surface area contributed by atoms with Gasteiger partial charge in [-0.15, -0.1) is 0 Å². The van der Waals surface area contributed by atoms with Crippen molar-refractivity contribution in [1.82, 2.24) is 15.5 Å². The maximum atomic E-state index is 13.5. The topological polar surface area (TPSA) is 194 Å². The van der Waals surface area contributed by atoms with Gasteiger partial charge in [-0.05, 0) is 69.1 Å². The molecule has 0 aliphatic carbocycles. The lowest BCUT2D eigenvalue weighted by Gasteiger charge is -2.25. The van der Waals surface area contributed by atoms with E-state index in [0.717, 1.165) is 5.56 Å². The van der Waals surface area contributed by atoms with Crippen molar-refractivity contribution in [2.45, 2.75) is 107 Å². The van der Waals surface area contributed by atoms with E-state index in [-0.39, 0.29) is 86.7 Å². The molecule has 49 heavy (non-hydrogen) atoms. The molecule has 0 saturated carbocycles. The monoisotopic (exact) mass is 685 g/mol. The van der Waals surface area contributed by atoms with Gasteiger partial charge in [-0.1, -0.05) is 46.8 Å². The van der Waals surface area contributed by atoms with Crippen molar-refractivity contribution in [1.29, 1.82) is 0 Å². The summed E-state index contributed by atoms with van der Waals surface area (Å²) in [5.74, 6) is -3.34. The van der Waals surface area contributed by atoms with Crippen LogP contribution in [0.15, 0.2) is 24.3 Å². The lowest BCUT2D eigenvalue weighted by Crippen LogP contribution is -2.45. The number of imide groups is 1. The van der Waals surface area contributed by atoms with E-state index in [4.69, 9.17) is 10.5 Å². The zero-order valence-corrected chi connectivity index (χ0v) is 30.3. The third-order valence-corrected chi connectivity index (χ3v) is 8.46. The van der Waals surface area contributed by atoms with Gasteiger partial charge in [0.1, 0.15) is 6.61 Å². The van der Waals surface area contributed by atoms with Crippen molar-refractivity contribution < 1.29 is 38.3 Å². The molecule has 1 saturated heterocycles. The van der Waals surface area contributed by atoms with Crippen molar-refractivity contribution in [3.8, 4) is 0 Å². The summed E-state index contributed by atoms with van der Waals surface area (Å²) in [7, 11) is 0. The Morgan fingerprint density at radius 3 is 2.14 bits per heavy atom. The number of Topliss-reactive ketones (excluding diaryl/α,β-unsaturated/α-hetero) is 1. The number of carbonyl (C=O) groups excluding carboxylic acids is 7. The van der Waals surface area contributed by atoms with Gasteiger partial charge in [0.05, 0.1) is 17.4 Å². The number of hydrogen-bond acceptors (Lipinski definition) is 8. The van der Waals surface area contributed by atoms with Crippen LogP contribution in [0.1, 0.15) is 99.5 Å². The van der Waals surface area contributed by atoms with Crippen molar-refractivity contribution in [2.75, 3.05) is 18.4 Å². The fourth-order valence-electron chi connectivity index (χ4n) is 5.41. The molecule has 6 amide bonds. The molecule has 1 aromatic carbocycles. The summed E-state index contributed by atoms with van der Waals surface area (Å²) in [6.07, 6.45) is 0.931. The van der Waals surface area contributed by atoms with Crippen molar-refractivity contribution in [3.05, 3.63) is 29.8 Å². The molecule has 5 N–H and O–H groups in total. The Balaban J connectivity index is 2.02. The number of carbonyl (C=O) groups is 7. The van der Waals surface area contributed by atoms with E-state index in [9.17, 15) is 33.6 Å². The van der Waals surface area contributed by atoms with Gasteiger partial charge in [0, 0.05) is 44.0 Å². The Labute approximate surface area is 289 Å². The Hall–Kier alpha value is -4.29. The van der Waals surface area contributed by atoms with E-state index in [0.29, 0.717) is 12.1 Å². The van der Waals surface area contributed by atoms with Gasteiger partial charge in [0.15, 0.2) is 5.78 Å². The fraction of sp³-hybridized carbons (Fsp3) is 0.639. The van der Waals surface area contributed by atoms with Gasteiger partial charge >= 0.3 is 12.0 Å². The molecular formula is C36H55N5O8. The molecule has 2 rings (SSSR count). The number of anilines is 1. The van der Waals surface area contributed by atoms with E-state index >= 15 is 0 Å². The van der Waals surface area contributed by atoms with E-state index in [1.165, 1.54) is 4.90 Å². The minimum Gasteiger partial charge on any atom is -0.460 e. The summed E-state index contributed by atoms with van der Waals surface area (Å²) in [5.41, 5.74) is 5.42. The molecule has 13 heteroatoms. The van der Waals surface area contributed by atoms with Crippen LogP contribution < -0.4 is 21.7 Å². The van der Waals surface area contributed by atoms with Gasteiger partial charge in [-0.3, -0.25) is 33.7 Å². The first-order chi connectivity index (χ1) is 22.7. The van der Waals surface area contributed by atoms with Gasteiger partial charge in [0.25, 0.3) is 0 Å². The molecule has 1 aliphatic rings. The zero-order valence-electron chi connectivity index (χ0n) is 30.3. The normalized spacial score (nSPS) is 16.3. The summed E-state index contributed by atoms with van der Waals surface area (Å²) in [5, 5.41) is 8.11. The predicted molar refractivity (Wildman–Crippen MR) is 185 cm³/mol. The van der Waals surface area contributed by atoms with Gasteiger partial charge < -0.3 is 26.4 Å². The van der Waals surface area contributed by atoms with Crippen LogP contribution in [0.5, 0.6) is 0 Å². The number of urea groups is 1. The number of amides is 6. The van der Waals surface area contributed by atoms with Crippen LogP contribution in [0, 0.1) is 28.6 Å². The maximum Gasteiger partial charge on any atom is 0.312 e. The fourth-order valence-corrected chi connectivity index (χ4v) is 5.41. The second-order valence-corrected chi connectivity index (χ2v) is 15.2. The van der Waals surface area contributed by atoms with Gasteiger partial charge in [-0.2, -0.15) is 0 Å². The molecule has 1 heterocycles. The molecule has 1 aromatic rings. The van der Waals surface area contributed by atoms with E-state index in [2.05, 4.69) is 16.0 Å². The zero-order chi connectivity index (χ0) is 37.1. The number of nitrogens with two attached hydrogens (primary N) is 1. The number of hydrogen-bond donors (Lipinski definition) is 4. The number of ketones is 1. The minimum atomic E-state index is -0.859. The Morgan fingerprint density at radius 2 is 1.61 bits per heavy atom. The lowest BCUT2D eigenvalue weighted by molar-refractivity contribution is -0.154. The highest BCUT2D eigenvalue weighted by molar-refractivity contribution is 6.04. The highest BCUT2D eigenvalue weighted by Gasteiger charge is 2.44. The van der Waals surface area contributed by atoms with Gasteiger partial charge in [0.2, 0.25) is 23.6 Å². The Bertz CT molecular complexity index is 1360. The predicted octanol–water partition coefficient (Wildman–Crippen LogP) is 4.08. The first kappa shape index (κ1) is 40.9. The molecule has 272 valence electrons. The average Bonchev–Trinajstić information content (AvgIpc) is 3.29. The smallest absolute Gasteiger partial charge is 0.312 e. The summed E-state index contributed by atoms with van der Waals surface area (Å²) in [6.45, 7) is 15.1. The minimum absolute atomic E-state index is 0.0157. The molecule has 1 aliphatic heterocycles. The first-order valence-electron chi connectivity index (χ1n) is 17.0. The van der Waals surface area contributed by atoms with E-state index in [1.54, 1.807) is 58.9 Å². The highest BCUT2D eigenvalue weighted by atomic mass is 16.5. The number of rotatable bonds is 17. The molecule has 3 atom stereocenters. The highest BCUT2D eigenvalue weighted by Crippen LogP contribution is 2.35. The van der Waals surface area contributed by atoms with E-state index in [1.807, 2.05) is 20.8 Å². The van der Waals surface area contributed by atoms with Crippen LogP contribution in [0.4, 0.5) is 10.5 Å². The quantitative estimate of drug-likeness (QED) is 0.107. The van der Waals surface area contributed by atoms with Crippen LogP contribution in [0.2, 0.25) is 0 Å². The number of esters is 1. The van der Waals surface area contributed by atoms with Crippen LogP contribution in [0.25, 0.3) is 0 Å². The number of likely N-dealkylation sites (tertiary alicyclic amines) is 1. The van der Waals surface area contributed by atoms with Crippen LogP contribution in [-0.2, 0) is 40.1 Å². The second-order valence-electron chi connectivity index (χ2n) is 15.2. The standard InChI is InChI=1S/C36H55N5O8/c1-22(2)30(40-28(43)12-10-18-41-29(44)20-26(32(41)46)35(3,4)5)27(42)19-24(11-9-17-38-34(37)48)31(45)39-25-15-13-23(14-16-25)21-49-33(47)36(6,7)8/h13-16,22,24,26,30H,9-12,17-21H2,1-8H3,(H,39,45)(H,40,43)(H3,37,38,48)/t24-,26?,30+/m1/s1. The lowest BCUT2D eigenvalue weighted by atomic mass is 9.80. The molecule has 0 bridgehead atoms. The second kappa shape index (κ2) is 17.9. The third kappa shape index (κ3) is 13.3. The number of nitrogens with zero attached hydrogens (tertiary/aromatic N) is 1. The molecule has 0 radical (unpaired) electrons. The average molecular weight is 686 g/mol. The molecule has 1 fully saturated rings. The van der Waals surface area contributed by atoms with Crippen LogP contribution in [0.3, 0.4) is 0 Å². The Morgan fingerprint density at radius 1 is 0.980 bits per heavy atom. The number of primary amides is 1.